The zero-order chi connectivity index (χ0) is 14.9. The lowest BCUT2D eigenvalue weighted by molar-refractivity contribution is 0.281. The van der Waals surface area contributed by atoms with Crippen LogP contribution in [0.5, 0.6) is 5.75 Å². The Balaban J connectivity index is 0.00000242. The maximum Gasteiger partial charge on any atom is 0.193 e. The average Bonchev–Trinajstić information content (AvgIpc) is 3.02. The summed E-state index contributed by atoms with van der Waals surface area (Å²) in [6.45, 7) is 2.01. The molecule has 2 N–H and O–H groups in total. The predicted molar refractivity (Wildman–Crippen MR) is 98.8 cm³/mol. The van der Waals surface area contributed by atoms with Gasteiger partial charge < -0.3 is 15.0 Å². The number of ether oxygens (including phenoxy) is 1. The summed E-state index contributed by atoms with van der Waals surface area (Å²) >= 11 is 0. The van der Waals surface area contributed by atoms with Crippen LogP contribution in [0.2, 0.25) is 0 Å². The maximum absolute atomic E-state index is 5.68. The molecule has 0 spiro atoms. The second-order valence-electron chi connectivity index (χ2n) is 4.57. The van der Waals surface area contributed by atoms with Crippen molar-refractivity contribution in [1.29, 1.82) is 0 Å². The van der Waals surface area contributed by atoms with Gasteiger partial charge in [0.15, 0.2) is 5.96 Å². The second-order valence-corrected chi connectivity index (χ2v) is 4.57. The molecule has 0 aliphatic carbocycles. The number of aliphatic imine (C=N–C) groups is 1. The first-order valence-corrected chi connectivity index (χ1v) is 6.87. The monoisotopic (exact) mass is 415 g/mol. The molecule has 2 rings (SSSR count). The summed E-state index contributed by atoms with van der Waals surface area (Å²) in [5.41, 5.74) is 1.02. The van der Waals surface area contributed by atoms with Crippen LogP contribution in [0.4, 0.5) is 0 Å². The first kappa shape index (κ1) is 18.3. The van der Waals surface area contributed by atoms with Gasteiger partial charge in [-0.2, -0.15) is 5.10 Å². The summed E-state index contributed by atoms with van der Waals surface area (Å²) in [5.74, 6) is 1.70. The summed E-state index contributed by atoms with van der Waals surface area (Å²) in [6.07, 6.45) is 1.73. The van der Waals surface area contributed by atoms with E-state index in [0.717, 1.165) is 23.9 Å². The first-order valence-electron chi connectivity index (χ1n) is 6.87. The van der Waals surface area contributed by atoms with Crippen molar-refractivity contribution in [1.82, 2.24) is 20.4 Å². The highest BCUT2D eigenvalue weighted by atomic mass is 127. The van der Waals surface area contributed by atoms with Gasteiger partial charge in [0.05, 0.1) is 18.8 Å². The van der Waals surface area contributed by atoms with E-state index in [1.54, 1.807) is 13.2 Å². The predicted octanol–water partition coefficient (Wildman–Crippen LogP) is 2.11. The molecule has 0 saturated carbocycles. The van der Waals surface area contributed by atoms with Gasteiger partial charge in [-0.25, -0.2) is 0 Å². The smallest absolute Gasteiger partial charge is 0.193 e. The lowest BCUT2D eigenvalue weighted by Gasteiger charge is -2.21. The highest BCUT2D eigenvalue weighted by Crippen LogP contribution is 2.07. The molecule has 0 saturated heterocycles. The Labute approximate surface area is 148 Å². The molecule has 7 heteroatoms. The number of guanidine groups is 1. The van der Waals surface area contributed by atoms with Crippen molar-refractivity contribution in [2.45, 2.75) is 6.54 Å². The van der Waals surface area contributed by atoms with Gasteiger partial charge >= 0.3 is 0 Å². The largest absolute Gasteiger partial charge is 0.492 e. The quantitative estimate of drug-likeness (QED) is 0.431. The highest BCUT2D eigenvalue weighted by molar-refractivity contribution is 14.0. The number of H-pyrrole nitrogens is 1. The molecule has 1 aromatic carbocycles. The molecule has 1 aromatic heterocycles. The van der Waals surface area contributed by atoms with E-state index >= 15 is 0 Å². The van der Waals surface area contributed by atoms with Gasteiger partial charge in [0.2, 0.25) is 0 Å². The van der Waals surface area contributed by atoms with Gasteiger partial charge in [-0.1, -0.05) is 18.2 Å². The van der Waals surface area contributed by atoms with E-state index in [1.807, 2.05) is 48.3 Å². The molecule has 0 aliphatic rings. The molecule has 22 heavy (non-hydrogen) atoms. The third kappa shape index (κ3) is 5.92. The minimum atomic E-state index is 0. The number of nitrogens with zero attached hydrogens (tertiary/aromatic N) is 3. The molecule has 0 amide bonds. The van der Waals surface area contributed by atoms with Crippen molar-refractivity contribution in [2.75, 3.05) is 27.2 Å². The number of hydrogen-bond donors (Lipinski definition) is 2. The van der Waals surface area contributed by atoms with Crippen LogP contribution in [0.25, 0.3) is 0 Å². The Morgan fingerprint density at radius 1 is 1.32 bits per heavy atom. The fourth-order valence-electron chi connectivity index (χ4n) is 1.87. The van der Waals surface area contributed by atoms with E-state index in [-0.39, 0.29) is 24.0 Å². The topological polar surface area (TPSA) is 65.5 Å². The zero-order valence-electron chi connectivity index (χ0n) is 12.8. The third-order valence-electron chi connectivity index (χ3n) is 3.01. The normalized spacial score (nSPS) is 10.7. The van der Waals surface area contributed by atoms with Crippen molar-refractivity contribution in [3.8, 4) is 5.75 Å². The second kappa shape index (κ2) is 10.0. The molecule has 0 fully saturated rings. The molecule has 0 aliphatic heterocycles. The van der Waals surface area contributed by atoms with Crippen LogP contribution in [0, 0.1) is 0 Å². The maximum atomic E-state index is 5.68. The van der Waals surface area contributed by atoms with Crippen molar-refractivity contribution >= 4 is 29.9 Å². The van der Waals surface area contributed by atoms with Gasteiger partial charge in [0.25, 0.3) is 0 Å². The molecule has 1 heterocycles. The summed E-state index contributed by atoms with van der Waals surface area (Å²) in [6, 6.07) is 11.7. The van der Waals surface area contributed by atoms with Crippen molar-refractivity contribution in [3.05, 3.63) is 48.3 Å². The third-order valence-corrected chi connectivity index (χ3v) is 3.01. The first-order chi connectivity index (χ1) is 10.3. The molecular formula is C15H22IN5O. The van der Waals surface area contributed by atoms with Crippen LogP contribution < -0.4 is 10.1 Å². The Kier molecular flexibility index (Phi) is 8.34. The molecule has 2 aromatic rings. The molecular weight excluding hydrogens is 393 g/mol. The number of likely N-dealkylation sites (N-methyl/N-ethyl adjacent to an activating group) is 1. The minimum absolute atomic E-state index is 0. The number of aromatic nitrogens is 2. The van der Waals surface area contributed by atoms with Crippen LogP contribution >= 0.6 is 24.0 Å². The summed E-state index contributed by atoms with van der Waals surface area (Å²) in [7, 11) is 3.75. The van der Waals surface area contributed by atoms with E-state index in [9.17, 15) is 0 Å². The number of aromatic amines is 1. The number of halogens is 1. The molecule has 0 radical (unpaired) electrons. The zero-order valence-corrected chi connectivity index (χ0v) is 15.2. The van der Waals surface area contributed by atoms with Crippen LogP contribution in [0.1, 0.15) is 5.69 Å². The summed E-state index contributed by atoms with van der Waals surface area (Å²) in [5, 5.41) is 10.1. The number of hydrogen-bond acceptors (Lipinski definition) is 3. The number of nitrogens with one attached hydrogen (secondary N) is 2. The number of rotatable bonds is 6. The number of benzene rings is 1. The van der Waals surface area contributed by atoms with Gasteiger partial charge in [-0.15, -0.1) is 24.0 Å². The number of para-hydroxylation sites is 1. The fourth-order valence-corrected chi connectivity index (χ4v) is 1.87. The Morgan fingerprint density at radius 2 is 2.09 bits per heavy atom. The van der Waals surface area contributed by atoms with Crippen molar-refractivity contribution < 1.29 is 4.74 Å². The molecule has 6 nitrogen and oxygen atoms in total. The Bertz CT molecular complexity index is 544. The van der Waals surface area contributed by atoms with E-state index in [4.69, 9.17) is 4.74 Å². The Hall–Kier alpha value is -1.77. The molecule has 0 bridgehead atoms. The van der Waals surface area contributed by atoms with Crippen LogP contribution in [-0.4, -0.2) is 48.3 Å². The SMILES string of the molecule is CN=C(NCc1ccn[nH]1)N(C)CCOc1ccccc1.I. The summed E-state index contributed by atoms with van der Waals surface area (Å²) in [4.78, 5) is 6.28. The standard InChI is InChI=1S/C15H21N5O.HI/c1-16-15(17-12-13-8-9-18-19-13)20(2)10-11-21-14-6-4-3-5-7-14;/h3-9H,10-12H2,1-2H3,(H,16,17)(H,18,19);1H. The van der Waals surface area contributed by atoms with E-state index in [2.05, 4.69) is 20.5 Å². The van der Waals surface area contributed by atoms with Gasteiger partial charge in [0.1, 0.15) is 12.4 Å². The van der Waals surface area contributed by atoms with Crippen molar-refractivity contribution in [3.63, 3.8) is 0 Å². The van der Waals surface area contributed by atoms with E-state index in [1.165, 1.54) is 0 Å². The minimum Gasteiger partial charge on any atom is -0.492 e. The summed E-state index contributed by atoms with van der Waals surface area (Å²) < 4.78 is 5.68. The molecule has 0 atom stereocenters. The van der Waals surface area contributed by atoms with Crippen LogP contribution in [0.3, 0.4) is 0 Å². The van der Waals surface area contributed by atoms with Crippen LogP contribution in [0.15, 0.2) is 47.6 Å². The average molecular weight is 415 g/mol. The lowest BCUT2D eigenvalue weighted by Crippen LogP contribution is -2.40. The van der Waals surface area contributed by atoms with E-state index < -0.39 is 0 Å². The van der Waals surface area contributed by atoms with Gasteiger partial charge in [-0.3, -0.25) is 10.1 Å². The van der Waals surface area contributed by atoms with Gasteiger partial charge in [-0.05, 0) is 18.2 Å². The van der Waals surface area contributed by atoms with E-state index in [0.29, 0.717) is 13.2 Å². The molecule has 0 unspecified atom stereocenters. The fraction of sp³-hybridized carbons (Fsp3) is 0.333. The van der Waals surface area contributed by atoms with Gasteiger partial charge in [0, 0.05) is 20.3 Å². The van der Waals surface area contributed by atoms with Crippen molar-refractivity contribution in [2.24, 2.45) is 4.99 Å². The lowest BCUT2D eigenvalue weighted by atomic mass is 10.3. The van der Waals surface area contributed by atoms with Crippen LogP contribution in [-0.2, 0) is 6.54 Å². The Morgan fingerprint density at radius 3 is 2.73 bits per heavy atom. The highest BCUT2D eigenvalue weighted by Gasteiger charge is 2.06. The molecule has 120 valence electrons.